The first-order chi connectivity index (χ1) is 4.39. The van der Waals surface area contributed by atoms with Gasteiger partial charge in [-0.3, -0.25) is 0 Å². The van der Waals surface area contributed by atoms with Crippen molar-refractivity contribution in [2.24, 2.45) is 0 Å². The first-order valence-corrected chi connectivity index (χ1v) is 11.8. The van der Waals surface area contributed by atoms with E-state index in [-0.39, 0.29) is 3.79 Å². The second kappa shape index (κ2) is 3.48. The Bertz CT molecular complexity index is 179. The number of carbonyl (C=O) groups excluding carboxylic acids is 1. The van der Waals surface area contributed by atoms with Gasteiger partial charge in [-0.1, -0.05) is 0 Å². The van der Waals surface area contributed by atoms with Crippen LogP contribution in [-0.2, 0) is 4.79 Å². The number of hydrogen-bond acceptors (Lipinski definition) is 2. The number of rotatable bonds is 2. The standard InChI is InChI=1S/C6H12INOSi/c1-6(9)7(5-8)10(2,3)4/h1-4H3. The van der Waals surface area contributed by atoms with Gasteiger partial charge in [-0.25, -0.2) is 0 Å². The molecule has 0 N–H and O–H groups in total. The summed E-state index contributed by atoms with van der Waals surface area (Å²) in [6.07, 6.45) is 0. The van der Waals surface area contributed by atoms with Crippen LogP contribution in [0.2, 0.25) is 19.6 Å². The first kappa shape index (κ1) is 10.1. The quantitative estimate of drug-likeness (QED) is 0.334. The number of nitrogens with zero attached hydrogens (tertiary/aromatic N) is 1. The van der Waals surface area contributed by atoms with Crippen molar-refractivity contribution in [2.45, 2.75) is 26.6 Å². The third-order valence-electron chi connectivity index (χ3n) is 0.918. The van der Waals surface area contributed by atoms with E-state index in [9.17, 15) is 4.79 Å². The van der Waals surface area contributed by atoms with Crippen LogP contribution in [0.3, 0.4) is 0 Å². The van der Waals surface area contributed by atoms with Gasteiger partial charge in [-0.15, -0.1) is 0 Å². The molecule has 0 rings (SSSR count). The van der Waals surface area contributed by atoms with Crippen molar-refractivity contribution in [2.75, 3.05) is 0 Å². The molecule has 0 amide bonds. The molecule has 0 radical (unpaired) electrons. The topological polar surface area (TPSA) is 40.9 Å². The fourth-order valence-electron chi connectivity index (χ4n) is 0.585. The number of carbonyl (C=O) groups is 1. The Morgan fingerprint density at radius 3 is 1.90 bits per heavy atom. The summed E-state index contributed by atoms with van der Waals surface area (Å²) in [5, 5.41) is 8.67. The van der Waals surface area contributed by atoms with Gasteiger partial charge >= 0.3 is 69.1 Å². The van der Waals surface area contributed by atoms with E-state index >= 15 is 0 Å². The molecule has 10 heavy (non-hydrogen) atoms. The summed E-state index contributed by atoms with van der Waals surface area (Å²) in [5.74, 6) is 0. The molecule has 0 aliphatic carbocycles. The third kappa shape index (κ3) is 2.79. The predicted molar refractivity (Wildman–Crippen MR) is 53.7 cm³/mol. The molecule has 0 aliphatic rings. The zero-order valence-corrected chi connectivity index (χ0v) is 9.89. The first-order valence-electron chi connectivity index (χ1n) is 2.99. The molecule has 0 aliphatic heterocycles. The fourth-order valence-corrected chi connectivity index (χ4v) is 11.0. The van der Waals surface area contributed by atoms with Crippen LogP contribution in [0.1, 0.15) is 6.92 Å². The van der Waals surface area contributed by atoms with Crippen molar-refractivity contribution in [3.63, 3.8) is 0 Å². The van der Waals surface area contributed by atoms with E-state index < -0.39 is 24.6 Å². The van der Waals surface area contributed by atoms with E-state index in [2.05, 4.69) is 23.7 Å². The van der Waals surface area contributed by atoms with Crippen molar-refractivity contribution >= 4 is 28.4 Å². The van der Waals surface area contributed by atoms with Crippen molar-refractivity contribution < 1.29 is 4.79 Å². The molecule has 0 unspecified atom stereocenters. The van der Waals surface area contributed by atoms with Gasteiger partial charge < -0.3 is 0 Å². The predicted octanol–water partition coefficient (Wildman–Crippen LogP) is 2.36. The fraction of sp³-hybridized carbons (Fsp3) is 0.667. The second-order valence-corrected chi connectivity index (χ2v) is 22.9. The van der Waals surface area contributed by atoms with Gasteiger partial charge in [0.05, 0.1) is 0 Å². The van der Waals surface area contributed by atoms with E-state index in [0.717, 1.165) is 0 Å². The van der Waals surface area contributed by atoms with Crippen molar-refractivity contribution in [1.82, 2.24) is 0 Å². The van der Waals surface area contributed by atoms with E-state index in [1.54, 1.807) is 6.92 Å². The molecule has 2 nitrogen and oxygen atoms in total. The van der Waals surface area contributed by atoms with E-state index in [1.807, 2.05) is 0 Å². The summed E-state index contributed by atoms with van der Waals surface area (Å²) in [6, 6.07) is 0. The van der Waals surface area contributed by atoms with Crippen molar-refractivity contribution in [3.8, 4) is 4.08 Å². The Kier molecular flexibility index (Phi) is 3.52. The van der Waals surface area contributed by atoms with Gasteiger partial charge in [0, 0.05) is 0 Å². The van der Waals surface area contributed by atoms with Crippen LogP contribution in [0.25, 0.3) is 0 Å². The monoisotopic (exact) mass is 269 g/mol. The number of hydrogen-bond donors (Lipinski definition) is 0. The molecule has 0 saturated carbocycles. The molecule has 0 atom stereocenters. The summed E-state index contributed by atoms with van der Waals surface area (Å²) in [5.41, 5.74) is -1.40. The molecule has 0 aromatic rings. The summed E-state index contributed by atoms with van der Waals surface area (Å²) in [6.45, 7) is 7.86. The Morgan fingerprint density at radius 2 is 1.90 bits per heavy atom. The van der Waals surface area contributed by atoms with Crippen LogP contribution in [0.5, 0.6) is 0 Å². The van der Waals surface area contributed by atoms with Crippen LogP contribution >= 0.6 is 19.0 Å². The van der Waals surface area contributed by atoms with Gasteiger partial charge in [0.25, 0.3) is 0 Å². The molecule has 0 heterocycles. The zero-order valence-electron chi connectivity index (χ0n) is 6.73. The molecular weight excluding hydrogens is 257 g/mol. The van der Waals surface area contributed by atoms with Crippen LogP contribution in [0.4, 0.5) is 0 Å². The molecular formula is C6H12INOSi. The Hall–Kier alpha value is 0.107. The molecule has 0 fully saturated rings. The van der Waals surface area contributed by atoms with E-state index in [0.29, 0.717) is 0 Å². The Morgan fingerprint density at radius 1 is 1.50 bits per heavy atom. The van der Waals surface area contributed by atoms with E-state index in [1.165, 1.54) is 0 Å². The van der Waals surface area contributed by atoms with Gasteiger partial charge in [0.1, 0.15) is 0 Å². The number of nitriles is 1. The molecule has 58 valence electrons. The Labute approximate surface area is 69.1 Å². The molecule has 0 aromatic heterocycles. The van der Waals surface area contributed by atoms with Gasteiger partial charge in [0.15, 0.2) is 0 Å². The number of halogens is 1. The summed E-state index contributed by atoms with van der Waals surface area (Å²) in [4.78, 5) is 10.9. The second-order valence-electron chi connectivity index (χ2n) is 2.91. The summed E-state index contributed by atoms with van der Waals surface area (Å²) < 4.78 is 2.38. The minimum atomic E-state index is -1.84. The molecule has 0 bridgehead atoms. The zero-order chi connectivity index (χ0) is 8.36. The molecule has 0 spiro atoms. The summed E-state index contributed by atoms with van der Waals surface area (Å²) in [7, 11) is 0. The average molecular weight is 269 g/mol. The third-order valence-corrected chi connectivity index (χ3v) is 16.1. The van der Waals surface area contributed by atoms with Gasteiger partial charge in [-0.05, 0) is 0 Å². The Balaban J connectivity index is 4.42. The van der Waals surface area contributed by atoms with Gasteiger partial charge in [-0.2, -0.15) is 0 Å². The SMILES string of the molecule is CC(=O)I(C#N)[Si](C)(C)C. The van der Waals surface area contributed by atoms with Crippen LogP contribution in [0, 0.1) is 9.34 Å². The molecule has 0 aromatic carbocycles. The van der Waals surface area contributed by atoms with Crippen molar-refractivity contribution in [3.05, 3.63) is 0 Å². The summed E-state index contributed by atoms with van der Waals surface area (Å²) >= 11 is -1.84. The molecule has 0 saturated heterocycles. The van der Waals surface area contributed by atoms with E-state index in [4.69, 9.17) is 5.26 Å². The van der Waals surface area contributed by atoms with Crippen LogP contribution in [0.15, 0.2) is 0 Å². The molecule has 4 heteroatoms. The van der Waals surface area contributed by atoms with Crippen molar-refractivity contribution in [1.29, 1.82) is 5.26 Å². The average Bonchev–Trinajstić information content (AvgIpc) is 1.60. The minimum absolute atomic E-state index is 0.172. The van der Waals surface area contributed by atoms with Crippen LogP contribution in [-0.4, -0.2) is 9.36 Å². The maximum absolute atomic E-state index is 10.9. The normalized spacial score (nSPS) is 12.1. The van der Waals surface area contributed by atoms with Gasteiger partial charge in [0.2, 0.25) is 0 Å². The van der Waals surface area contributed by atoms with Crippen LogP contribution < -0.4 is 0 Å². The maximum atomic E-state index is 10.9.